The molecule has 334 valence electrons. The third-order valence-corrected chi connectivity index (χ3v) is 11.1. The Morgan fingerprint density at radius 3 is 1.87 bits per heavy atom. The van der Waals surface area contributed by atoms with Gasteiger partial charge in [0.05, 0.1) is 18.8 Å². The molecule has 62 heavy (non-hydrogen) atoms. The van der Waals surface area contributed by atoms with Crippen LogP contribution >= 0.6 is 0 Å². The quantitative estimate of drug-likeness (QED) is 0.0746. The highest BCUT2D eigenvalue weighted by Gasteiger charge is 2.53. The van der Waals surface area contributed by atoms with E-state index in [1.54, 1.807) is 19.1 Å². The smallest absolute Gasteiger partial charge is 0.264 e. The summed E-state index contributed by atoms with van der Waals surface area (Å²) in [6.07, 6.45) is -15.8. The van der Waals surface area contributed by atoms with Crippen molar-refractivity contribution in [2.45, 2.75) is 93.4 Å². The maximum absolute atomic E-state index is 14.4. The predicted molar refractivity (Wildman–Crippen MR) is 215 cm³/mol. The molecule has 12 N–H and O–H groups in total. The van der Waals surface area contributed by atoms with E-state index in [1.165, 1.54) is 52.3 Å². The van der Waals surface area contributed by atoms with Crippen LogP contribution in [0.4, 0.5) is 17.1 Å². The monoisotopic (exact) mass is 866 g/mol. The molecule has 20 heteroatoms. The highest BCUT2D eigenvalue weighted by atomic mass is 16.6. The van der Waals surface area contributed by atoms with Crippen molar-refractivity contribution in [3.8, 4) is 0 Å². The van der Waals surface area contributed by atoms with Crippen molar-refractivity contribution in [2.75, 3.05) is 28.7 Å². The molecule has 0 bridgehead atoms. The molecule has 3 aromatic rings. The van der Waals surface area contributed by atoms with Gasteiger partial charge in [-0.1, -0.05) is 61.5 Å². The first kappa shape index (κ1) is 46.3. The Hall–Kier alpha value is -5.20. The van der Waals surface area contributed by atoms with E-state index in [-0.39, 0.29) is 61.2 Å². The second kappa shape index (κ2) is 19.5. The number of carbonyl (C=O) groups is 4. The highest BCUT2D eigenvalue weighted by molar-refractivity contribution is 6.08. The van der Waals surface area contributed by atoms with Crippen LogP contribution in [0.15, 0.2) is 84.9 Å². The fraction of sp³-hybridized carbons (Fsp3) is 0.429. The van der Waals surface area contributed by atoms with Crippen LogP contribution in [0.5, 0.6) is 0 Å². The number of carbonyl (C=O) groups excluding carboxylic acids is 4. The van der Waals surface area contributed by atoms with Crippen LogP contribution < -0.4 is 15.5 Å². The number of amides is 4. The lowest BCUT2D eigenvalue weighted by Crippen LogP contribution is -2.60. The number of hydrogen-bond acceptors (Lipinski definition) is 16. The third kappa shape index (κ3) is 9.56. The zero-order chi connectivity index (χ0) is 45.0. The molecule has 6 rings (SSSR count). The van der Waals surface area contributed by atoms with Gasteiger partial charge < -0.3 is 81.0 Å². The molecule has 0 spiro atoms. The molecule has 20 nitrogen and oxygen atoms in total. The maximum Gasteiger partial charge on any atom is 0.264 e. The van der Waals surface area contributed by atoms with Gasteiger partial charge in [-0.3, -0.25) is 19.2 Å². The normalized spacial score (nSPS) is 30.2. The molecule has 3 aromatic carbocycles. The Labute approximate surface area is 354 Å². The van der Waals surface area contributed by atoms with Crippen LogP contribution in [0.25, 0.3) is 0 Å². The second-order valence-electron chi connectivity index (χ2n) is 15.3. The van der Waals surface area contributed by atoms with Crippen LogP contribution in [-0.4, -0.2) is 154 Å². The Kier molecular flexibility index (Phi) is 14.5. The topological polar surface area (TPSA) is 320 Å². The minimum atomic E-state index is -2.29. The van der Waals surface area contributed by atoms with Crippen molar-refractivity contribution in [1.82, 2.24) is 4.90 Å². The molecule has 12 atom stereocenters. The minimum Gasteiger partial charge on any atom is -0.395 e. The molecule has 3 heterocycles. The second-order valence-corrected chi connectivity index (χ2v) is 15.3. The summed E-state index contributed by atoms with van der Waals surface area (Å²) in [5, 5.41) is 107. The van der Waals surface area contributed by atoms with Crippen molar-refractivity contribution in [3.63, 3.8) is 0 Å². The van der Waals surface area contributed by atoms with Gasteiger partial charge in [0.25, 0.3) is 17.7 Å². The standard InChI is InChI=1S/C42H50N4O16/c1-21(6-5-9-28(48)45(16-17-47)19-22-7-3-2-4-8-22)42(60)26-18-25(44-38(56)36-32(52)30(50)34(54)40(58)62-36)14-15-27(26)46(41(42)59)20-23-10-12-24(13-11-23)43-37(55)35-31(51)29(49)33(53)39(57)61-35/h2-8,10-15,18,21,29-36,39-40,47,49-54,57-58,60H,9,16-17,19-20H2,1H3,(H,43,55)(H,44,56)/b6-5+/t21-,29-,30-,31-,32-,33+,34+,35-,36-,39+,40+,42+/m0/s1. The number of aliphatic hydroxyl groups excluding tert-OH is 9. The molecule has 0 aliphatic carbocycles. The van der Waals surface area contributed by atoms with E-state index in [0.717, 1.165) is 5.56 Å². The Balaban J connectivity index is 1.23. The fourth-order valence-electron chi connectivity index (χ4n) is 7.50. The molecule has 0 saturated carbocycles. The number of anilines is 3. The number of fused-ring (bicyclic) bond motifs is 1. The average molecular weight is 867 g/mol. The highest BCUT2D eigenvalue weighted by Crippen LogP contribution is 2.47. The van der Waals surface area contributed by atoms with E-state index < -0.39 is 90.7 Å². The van der Waals surface area contributed by atoms with Crippen molar-refractivity contribution >= 4 is 40.7 Å². The molecule has 0 radical (unpaired) electrons. The van der Waals surface area contributed by atoms with Crippen molar-refractivity contribution in [2.24, 2.45) is 5.92 Å². The van der Waals surface area contributed by atoms with E-state index in [4.69, 9.17) is 9.47 Å². The van der Waals surface area contributed by atoms with E-state index >= 15 is 0 Å². The number of hydrogen-bond donors (Lipinski definition) is 12. The number of benzene rings is 3. The van der Waals surface area contributed by atoms with Crippen LogP contribution in [0.1, 0.15) is 30.0 Å². The largest absolute Gasteiger partial charge is 0.395 e. The molecule has 0 unspecified atom stereocenters. The number of nitrogens with zero attached hydrogens (tertiary/aromatic N) is 2. The van der Waals surface area contributed by atoms with Crippen LogP contribution in [-0.2, 0) is 47.3 Å². The van der Waals surface area contributed by atoms with Crippen molar-refractivity contribution in [3.05, 3.63) is 102 Å². The Morgan fingerprint density at radius 1 is 0.758 bits per heavy atom. The molecule has 2 fully saturated rings. The first-order valence-corrected chi connectivity index (χ1v) is 19.7. The lowest BCUT2D eigenvalue weighted by molar-refractivity contribution is -0.274. The van der Waals surface area contributed by atoms with Gasteiger partial charge in [-0.2, -0.15) is 0 Å². The zero-order valence-corrected chi connectivity index (χ0v) is 33.3. The predicted octanol–water partition coefficient (Wildman–Crippen LogP) is -2.50. The van der Waals surface area contributed by atoms with E-state index in [2.05, 4.69) is 10.6 Å². The molecule has 3 aliphatic heterocycles. The van der Waals surface area contributed by atoms with Gasteiger partial charge >= 0.3 is 0 Å². The summed E-state index contributed by atoms with van der Waals surface area (Å²) < 4.78 is 10.0. The molecule has 3 aliphatic rings. The fourth-order valence-corrected chi connectivity index (χ4v) is 7.50. The lowest BCUT2D eigenvalue weighted by atomic mass is 9.82. The van der Waals surface area contributed by atoms with Gasteiger partial charge in [0.1, 0.15) is 36.6 Å². The molecular formula is C42H50N4O16. The summed E-state index contributed by atoms with van der Waals surface area (Å²) in [5.41, 5.74) is -0.452. The number of rotatable bonds is 14. The summed E-state index contributed by atoms with van der Waals surface area (Å²) in [5.74, 6) is -4.06. The van der Waals surface area contributed by atoms with Crippen molar-refractivity contribution < 1.29 is 79.7 Å². The summed E-state index contributed by atoms with van der Waals surface area (Å²) in [6.45, 7) is 1.47. The SMILES string of the molecule is C[C@@H](/C=C/CC(=O)N(CCO)Cc1ccccc1)[C@]1(O)C(=O)N(Cc2ccc(NC(=O)[C@H]3O[C@@H](O)[C@H](O)[C@@H](O)[C@@H]3O)cc2)c2ccc(NC(=O)[C@H]3O[C@@H](O)[C@H](O)[C@@H](O)[C@@H]3O)cc21. The number of ether oxygens (including phenoxy) is 2. The van der Waals surface area contributed by atoms with Gasteiger partial charge in [0, 0.05) is 42.4 Å². The zero-order valence-electron chi connectivity index (χ0n) is 33.3. The molecule has 2 saturated heterocycles. The number of aliphatic hydroxyl groups is 10. The summed E-state index contributed by atoms with van der Waals surface area (Å²) >= 11 is 0. The van der Waals surface area contributed by atoms with Gasteiger partial charge in [-0.25, -0.2) is 0 Å². The van der Waals surface area contributed by atoms with Crippen LogP contribution in [0.2, 0.25) is 0 Å². The summed E-state index contributed by atoms with van der Waals surface area (Å²) in [7, 11) is 0. The van der Waals surface area contributed by atoms with Gasteiger partial charge in [0.2, 0.25) is 5.91 Å². The van der Waals surface area contributed by atoms with E-state index in [9.17, 15) is 70.2 Å². The van der Waals surface area contributed by atoms with Crippen LogP contribution in [0, 0.1) is 5.92 Å². The summed E-state index contributed by atoms with van der Waals surface area (Å²) in [6, 6.07) is 19.4. The summed E-state index contributed by atoms with van der Waals surface area (Å²) in [4.78, 5) is 56.5. The Morgan fingerprint density at radius 2 is 1.31 bits per heavy atom. The lowest BCUT2D eigenvalue weighted by Gasteiger charge is -2.37. The Bertz CT molecular complexity index is 2110. The molecule has 4 amide bonds. The van der Waals surface area contributed by atoms with Crippen molar-refractivity contribution in [1.29, 1.82) is 0 Å². The van der Waals surface area contributed by atoms with Gasteiger partial charge in [-0.05, 0) is 41.5 Å². The molecular weight excluding hydrogens is 816 g/mol. The van der Waals surface area contributed by atoms with E-state index in [1.807, 2.05) is 30.3 Å². The first-order valence-electron chi connectivity index (χ1n) is 19.7. The average Bonchev–Trinajstić information content (AvgIpc) is 3.47. The minimum absolute atomic E-state index is 0.0151. The third-order valence-electron chi connectivity index (χ3n) is 11.1. The van der Waals surface area contributed by atoms with Gasteiger partial charge in [-0.15, -0.1) is 0 Å². The van der Waals surface area contributed by atoms with Gasteiger partial charge in [0.15, 0.2) is 30.4 Å². The number of nitrogens with one attached hydrogen (secondary N) is 2. The molecule has 0 aromatic heterocycles. The van der Waals surface area contributed by atoms with E-state index in [0.29, 0.717) is 5.56 Å². The first-order chi connectivity index (χ1) is 29.5. The van der Waals surface area contributed by atoms with Crippen LogP contribution in [0.3, 0.4) is 0 Å². The maximum atomic E-state index is 14.4.